The van der Waals surface area contributed by atoms with Crippen LogP contribution in [0.3, 0.4) is 0 Å². The van der Waals surface area contributed by atoms with E-state index in [1.165, 1.54) is 30.3 Å². The molecule has 0 heterocycles. The van der Waals surface area contributed by atoms with Gasteiger partial charge in [-0.3, -0.25) is 4.79 Å². The summed E-state index contributed by atoms with van der Waals surface area (Å²) in [6.07, 6.45) is -4.58. The first kappa shape index (κ1) is 16.8. The average molecular weight is 342 g/mol. The molecule has 3 aromatic rings. The Hall–Kier alpha value is -3.08. The molecule has 0 amide bonds. The SMILES string of the molecule is O=C(c1ccc(Oc2ccccc2)cc1)c1ccccc1C(F)(F)F. The molecule has 0 N–H and O–H groups in total. The zero-order valence-electron chi connectivity index (χ0n) is 13.0. The third-order valence-electron chi connectivity index (χ3n) is 3.57. The first-order valence-electron chi connectivity index (χ1n) is 7.49. The minimum absolute atomic E-state index is 0.164. The highest BCUT2D eigenvalue weighted by Crippen LogP contribution is 2.33. The van der Waals surface area contributed by atoms with Crippen LogP contribution >= 0.6 is 0 Å². The summed E-state index contributed by atoms with van der Waals surface area (Å²) in [5.41, 5.74) is -1.14. The van der Waals surface area contributed by atoms with Crippen molar-refractivity contribution in [2.75, 3.05) is 0 Å². The summed E-state index contributed by atoms with van der Waals surface area (Å²) in [5, 5.41) is 0. The Kier molecular flexibility index (Phi) is 4.57. The summed E-state index contributed by atoms with van der Waals surface area (Å²) in [6.45, 7) is 0. The highest BCUT2D eigenvalue weighted by atomic mass is 19.4. The molecule has 0 fully saturated rings. The molecule has 0 aliphatic rings. The van der Waals surface area contributed by atoms with E-state index in [0.717, 1.165) is 6.07 Å². The van der Waals surface area contributed by atoms with Crippen molar-refractivity contribution in [2.45, 2.75) is 6.18 Å². The van der Waals surface area contributed by atoms with E-state index in [9.17, 15) is 18.0 Å². The molecule has 25 heavy (non-hydrogen) atoms. The lowest BCUT2D eigenvalue weighted by atomic mass is 9.98. The van der Waals surface area contributed by atoms with E-state index < -0.39 is 17.5 Å². The largest absolute Gasteiger partial charge is 0.457 e. The Bertz CT molecular complexity index is 869. The molecule has 2 nitrogen and oxygen atoms in total. The number of carbonyl (C=O) groups is 1. The first-order valence-corrected chi connectivity index (χ1v) is 7.49. The van der Waals surface area contributed by atoms with Crippen LogP contribution in [0.1, 0.15) is 21.5 Å². The van der Waals surface area contributed by atoms with Gasteiger partial charge in [0.15, 0.2) is 5.78 Å². The Morgan fingerprint density at radius 3 is 1.92 bits per heavy atom. The van der Waals surface area contributed by atoms with Crippen LogP contribution in [-0.4, -0.2) is 5.78 Å². The lowest BCUT2D eigenvalue weighted by Gasteiger charge is -2.12. The van der Waals surface area contributed by atoms with Gasteiger partial charge in [-0.1, -0.05) is 36.4 Å². The molecule has 0 atom stereocenters. The molecule has 0 unspecified atom stereocenters. The van der Waals surface area contributed by atoms with Crippen LogP contribution in [0, 0.1) is 0 Å². The molecule has 3 rings (SSSR count). The van der Waals surface area contributed by atoms with Crippen molar-refractivity contribution in [3.63, 3.8) is 0 Å². The molecule has 0 radical (unpaired) electrons. The van der Waals surface area contributed by atoms with Gasteiger partial charge in [0.1, 0.15) is 11.5 Å². The summed E-state index contributed by atoms with van der Waals surface area (Å²) in [6, 6.07) is 19.8. The van der Waals surface area contributed by atoms with E-state index in [4.69, 9.17) is 4.74 Å². The van der Waals surface area contributed by atoms with E-state index >= 15 is 0 Å². The fourth-order valence-electron chi connectivity index (χ4n) is 2.38. The second-order valence-corrected chi connectivity index (χ2v) is 5.31. The predicted octanol–water partition coefficient (Wildman–Crippen LogP) is 5.73. The first-order chi connectivity index (χ1) is 11.9. The summed E-state index contributed by atoms with van der Waals surface area (Å²) < 4.78 is 44.8. The van der Waals surface area contributed by atoms with Gasteiger partial charge < -0.3 is 4.74 Å². The summed E-state index contributed by atoms with van der Waals surface area (Å²) in [7, 11) is 0. The standard InChI is InChI=1S/C20H13F3O2/c21-20(22,23)18-9-5-4-8-17(18)19(24)14-10-12-16(13-11-14)25-15-6-2-1-3-7-15/h1-13H. The zero-order valence-corrected chi connectivity index (χ0v) is 13.0. The van der Waals surface area contributed by atoms with E-state index in [2.05, 4.69) is 0 Å². The number of hydrogen-bond donors (Lipinski definition) is 0. The van der Waals surface area contributed by atoms with E-state index in [1.807, 2.05) is 18.2 Å². The number of ether oxygens (including phenoxy) is 1. The maximum Gasteiger partial charge on any atom is 0.417 e. The van der Waals surface area contributed by atoms with Crippen LogP contribution in [-0.2, 0) is 6.18 Å². The summed E-state index contributed by atoms with van der Waals surface area (Å²) in [4.78, 5) is 12.4. The maximum absolute atomic E-state index is 13.1. The highest BCUT2D eigenvalue weighted by Gasteiger charge is 2.34. The lowest BCUT2D eigenvalue weighted by molar-refractivity contribution is -0.137. The molecule has 5 heteroatoms. The Labute approximate surface area is 142 Å². The monoisotopic (exact) mass is 342 g/mol. The van der Waals surface area contributed by atoms with E-state index in [1.54, 1.807) is 24.3 Å². The van der Waals surface area contributed by atoms with Crippen LogP contribution in [0.2, 0.25) is 0 Å². The number of halogens is 3. The second-order valence-electron chi connectivity index (χ2n) is 5.31. The molecule has 0 saturated carbocycles. The van der Waals surface area contributed by atoms with Crippen LogP contribution in [0.15, 0.2) is 78.9 Å². The quantitative estimate of drug-likeness (QED) is 0.566. The molecule has 3 aromatic carbocycles. The van der Waals surface area contributed by atoms with Crippen molar-refractivity contribution < 1.29 is 22.7 Å². The normalized spacial score (nSPS) is 11.2. The molecule has 0 spiro atoms. The molecular weight excluding hydrogens is 329 g/mol. The van der Waals surface area contributed by atoms with Gasteiger partial charge in [-0.15, -0.1) is 0 Å². The van der Waals surface area contributed by atoms with Gasteiger partial charge in [-0.25, -0.2) is 0 Å². The van der Waals surface area contributed by atoms with Crippen molar-refractivity contribution in [1.29, 1.82) is 0 Å². The molecule has 0 bridgehead atoms. The number of alkyl halides is 3. The molecule has 0 aromatic heterocycles. The van der Waals surface area contributed by atoms with Crippen LogP contribution in [0.5, 0.6) is 11.5 Å². The molecule has 0 aliphatic carbocycles. The summed E-state index contributed by atoms with van der Waals surface area (Å²) >= 11 is 0. The van der Waals surface area contributed by atoms with Crippen molar-refractivity contribution in [1.82, 2.24) is 0 Å². The van der Waals surface area contributed by atoms with E-state index in [0.29, 0.717) is 11.5 Å². The van der Waals surface area contributed by atoms with Gasteiger partial charge in [0, 0.05) is 11.1 Å². The molecule has 126 valence electrons. The van der Waals surface area contributed by atoms with Crippen LogP contribution < -0.4 is 4.74 Å². The average Bonchev–Trinajstić information content (AvgIpc) is 2.62. The number of benzene rings is 3. The molecule has 0 saturated heterocycles. The number of hydrogen-bond acceptors (Lipinski definition) is 2. The zero-order chi connectivity index (χ0) is 17.9. The van der Waals surface area contributed by atoms with Crippen LogP contribution in [0.25, 0.3) is 0 Å². The second kappa shape index (κ2) is 6.81. The third-order valence-corrected chi connectivity index (χ3v) is 3.57. The van der Waals surface area contributed by atoms with Gasteiger partial charge in [0.2, 0.25) is 0 Å². The summed E-state index contributed by atoms with van der Waals surface area (Å²) in [5.74, 6) is 0.440. The van der Waals surface area contributed by atoms with Crippen molar-refractivity contribution >= 4 is 5.78 Å². The van der Waals surface area contributed by atoms with Crippen molar-refractivity contribution in [3.05, 3.63) is 95.6 Å². The van der Waals surface area contributed by atoms with Crippen LogP contribution in [0.4, 0.5) is 13.2 Å². The maximum atomic E-state index is 13.1. The third kappa shape index (κ3) is 3.88. The van der Waals surface area contributed by atoms with Crippen molar-refractivity contribution in [2.24, 2.45) is 0 Å². The molecular formula is C20H13F3O2. The Balaban J connectivity index is 1.85. The smallest absolute Gasteiger partial charge is 0.417 e. The number of ketones is 1. The number of rotatable bonds is 4. The number of carbonyl (C=O) groups excluding carboxylic acids is 1. The van der Waals surface area contributed by atoms with Gasteiger partial charge in [0.05, 0.1) is 5.56 Å². The predicted molar refractivity (Wildman–Crippen MR) is 87.8 cm³/mol. The minimum atomic E-state index is -4.58. The topological polar surface area (TPSA) is 26.3 Å². The van der Waals surface area contributed by atoms with Gasteiger partial charge in [-0.05, 0) is 42.5 Å². The van der Waals surface area contributed by atoms with E-state index in [-0.39, 0.29) is 11.1 Å². The minimum Gasteiger partial charge on any atom is -0.457 e. The lowest BCUT2D eigenvalue weighted by Crippen LogP contribution is -2.13. The highest BCUT2D eigenvalue weighted by molar-refractivity contribution is 6.10. The number of para-hydroxylation sites is 1. The fraction of sp³-hybridized carbons (Fsp3) is 0.0500. The fourth-order valence-corrected chi connectivity index (χ4v) is 2.38. The van der Waals surface area contributed by atoms with Gasteiger partial charge >= 0.3 is 6.18 Å². The van der Waals surface area contributed by atoms with Gasteiger partial charge in [0.25, 0.3) is 0 Å². The van der Waals surface area contributed by atoms with Crippen molar-refractivity contribution in [3.8, 4) is 11.5 Å². The Morgan fingerprint density at radius 2 is 1.28 bits per heavy atom. The van der Waals surface area contributed by atoms with Gasteiger partial charge in [-0.2, -0.15) is 13.2 Å². The Morgan fingerprint density at radius 1 is 0.720 bits per heavy atom. The molecule has 0 aliphatic heterocycles.